The Hall–Kier alpha value is -3.98. The molecule has 8 rings (SSSR count). The van der Waals surface area contributed by atoms with Crippen LogP contribution in [0.5, 0.6) is 0 Å². The number of hydrogen-bond donors (Lipinski definition) is 0. The molecule has 0 saturated carbocycles. The molecule has 0 aliphatic carbocycles. The lowest BCUT2D eigenvalue weighted by Gasteiger charge is -2.16. The summed E-state index contributed by atoms with van der Waals surface area (Å²) in [6.07, 6.45) is 0. The topological polar surface area (TPSA) is 0 Å². The first-order chi connectivity index (χ1) is 17.8. The molecule has 36 heavy (non-hydrogen) atoms. The van der Waals surface area contributed by atoms with Crippen molar-refractivity contribution < 1.29 is 0 Å². The van der Waals surface area contributed by atoms with Gasteiger partial charge < -0.3 is 0 Å². The summed E-state index contributed by atoms with van der Waals surface area (Å²) in [6.45, 7) is 0. The molecule has 0 N–H and O–H groups in total. The van der Waals surface area contributed by atoms with E-state index in [1.54, 1.807) is 0 Å². The largest absolute Gasteiger partial charge is 0.135 e. The molecule has 0 amide bonds. The van der Waals surface area contributed by atoms with E-state index < -0.39 is 0 Å². The summed E-state index contributed by atoms with van der Waals surface area (Å²) in [4.78, 5) is 1.33. The van der Waals surface area contributed by atoms with E-state index in [-0.39, 0.29) is 0 Å². The summed E-state index contributed by atoms with van der Waals surface area (Å²) in [5.41, 5.74) is 3.92. The van der Waals surface area contributed by atoms with Crippen LogP contribution >= 0.6 is 22.7 Å². The molecule has 0 atom stereocenters. The molecule has 2 heteroatoms. The molecule has 0 unspecified atom stereocenters. The van der Waals surface area contributed by atoms with Gasteiger partial charge in [-0.3, -0.25) is 0 Å². The number of thiophene rings is 2. The van der Waals surface area contributed by atoms with Crippen molar-refractivity contribution in [2.75, 3.05) is 0 Å². The number of rotatable bonds is 2. The molecule has 0 spiro atoms. The number of fused-ring (bicyclic) bond motifs is 6. The molecule has 0 saturated heterocycles. The van der Waals surface area contributed by atoms with Gasteiger partial charge in [0.2, 0.25) is 0 Å². The summed E-state index contributed by atoms with van der Waals surface area (Å²) < 4.78 is 4.07. The van der Waals surface area contributed by atoms with E-state index in [2.05, 4.69) is 121 Å². The maximum absolute atomic E-state index is 2.40. The van der Waals surface area contributed by atoms with Crippen molar-refractivity contribution in [3.05, 3.63) is 121 Å². The molecular formula is C34H20S2. The molecule has 2 heterocycles. The highest BCUT2D eigenvalue weighted by Gasteiger charge is 2.18. The predicted octanol–water partition coefficient (Wildman–Crippen LogP) is 10.9. The Morgan fingerprint density at radius 2 is 0.944 bits per heavy atom. The van der Waals surface area contributed by atoms with Crippen LogP contribution in [0.1, 0.15) is 0 Å². The molecule has 2 aromatic heterocycles. The van der Waals surface area contributed by atoms with Gasteiger partial charge in [0, 0.05) is 35.3 Å². The second-order valence-corrected chi connectivity index (χ2v) is 11.5. The fraction of sp³-hybridized carbons (Fsp3) is 0. The summed E-state index contributed by atoms with van der Waals surface area (Å²) in [5.74, 6) is 0. The standard InChI is InChI=1S/C34H20S2/c1-2-10-21(11-3-1)33-24-13-4-6-15-26(24)34(27-16-7-5-14-25(27)33)32-19-22-18-31-28(20-30(22)36-32)23-12-8-9-17-29(23)35-31/h1-20H. The summed E-state index contributed by atoms with van der Waals surface area (Å²) >= 11 is 3.80. The molecule has 6 aromatic carbocycles. The highest BCUT2D eigenvalue weighted by Crippen LogP contribution is 2.47. The quantitative estimate of drug-likeness (QED) is 0.211. The minimum Gasteiger partial charge on any atom is -0.135 e. The van der Waals surface area contributed by atoms with Gasteiger partial charge in [-0.15, -0.1) is 22.7 Å². The van der Waals surface area contributed by atoms with E-state index in [0.29, 0.717) is 0 Å². The van der Waals surface area contributed by atoms with E-state index in [9.17, 15) is 0 Å². The van der Waals surface area contributed by atoms with Crippen molar-refractivity contribution in [2.45, 2.75) is 0 Å². The van der Waals surface area contributed by atoms with Gasteiger partial charge in [-0.2, -0.15) is 0 Å². The second kappa shape index (κ2) is 7.76. The van der Waals surface area contributed by atoms with Gasteiger partial charge in [0.05, 0.1) is 0 Å². The van der Waals surface area contributed by atoms with Gasteiger partial charge in [-0.25, -0.2) is 0 Å². The van der Waals surface area contributed by atoms with Crippen LogP contribution < -0.4 is 0 Å². The molecule has 168 valence electrons. The first-order valence-corrected chi connectivity index (χ1v) is 13.8. The van der Waals surface area contributed by atoms with E-state index in [1.807, 2.05) is 22.7 Å². The average molecular weight is 493 g/mol. The van der Waals surface area contributed by atoms with Crippen molar-refractivity contribution in [3.8, 4) is 21.6 Å². The van der Waals surface area contributed by atoms with Crippen LogP contribution in [0.15, 0.2) is 121 Å². The Kier molecular flexibility index (Phi) is 4.36. The first-order valence-electron chi connectivity index (χ1n) is 12.2. The lowest BCUT2D eigenvalue weighted by molar-refractivity contribution is 1.67. The van der Waals surface area contributed by atoms with Crippen LogP contribution in [-0.2, 0) is 0 Å². The van der Waals surface area contributed by atoms with Crippen LogP contribution in [0.2, 0.25) is 0 Å². The Balaban J connectivity index is 1.46. The average Bonchev–Trinajstić information content (AvgIpc) is 3.51. The van der Waals surface area contributed by atoms with Gasteiger partial charge in [0.1, 0.15) is 0 Å². The third kappa shape index (κ3) is 2.92. The maximum Gasteiger partial charge on any atom is 0.0367 e. The normalized spacial score (nSPS) is 11.9. The molecule has 0 radical (unpaired) electrons. The van der Waals surface area contributed by atoms with Gasteiger partial charge in [0.15, 0.2) is 0 Å². The van der Waals surface area contributed by atoms with Gasteiger partial charge in [-0.05, 0) is 62.3 Å². The number of benzene rings is 6. The highest BCUT2D eigenvalue weighted by atomic mass is 32.1. The van der Waals surface area contributed by atoms with Crippen molar-refractivity contribution in [3.63, 3.8) is 0 Å². The third-order valence-electron chi connectivity index (χ3n) is 7.26. The van der Waals surface area contributed by atoms with E-state index in [0.717, 1.165) is 0 Å². The van der Waals surface area contributed by atoms with Crippen molar-refractivity contribution in [2.24, 2.45) is 0 Å². The fourth-order valence-corrected chi connectivity index (χ4v) is 7.98. The number of hydrogen-bond acceptors (Lipinski definition) is 2. The second-order valence-electron chi connectivity index (χ2n) is 9.30. The molecular weight excluding hydrogens is 473 g/mol. The maximum atomic E-state index is 2.40. The first kappa shape index (κ1) is 20.2. The van der Waals surface area contributed by atoms with Crippen molar-refractivity contribution in [1.29, 1.82) is 0 Å². The Bertz CT molecular complexity index is 2030. The zero-order valence-electron chi connectivity index (χ0n) is 19.4. The lowest BCUT2D eigenvalue weighted by Crippen LogP contribution is -1.89. The lowest BCUT2D eigenvalue weighted by atomic mass is 9.88. The monoisotopic (exact) mass is 492 g/mol. The van der Waals surface area contributed by atoms with Crippen LogP contribution in [-0.4, -0.2) is 0 Å². The van der Waals surface area contributed by atoms with Crippen molar-refractivity contribution >= 4 is 74.5 Å². The zero-order valence-corrected chi connectivity index (χ0v) is 21.0. The minimum absolute atomic E-state index is 1.26. The van der Waals surface area contributed by atoms with Crippen LogP contribution in [0, 0.1) is 0 Å². The van der Waals surface area contributed by atoms with E-state index in [4.69, 9.17) is 0 Å². The zero-order chi connectivity index (χ0) is 23.6. The molecule has 0 fully saturated rings. The molecule has 0 bridgehead atoms. The Morgan fingerprint density at radius 1 is 0.361 bits per heavy atom. The van der Waals surface area contributed by atoms with Crippen molar-refractivity contribution in [1.82, 2.24) is 0 Å². The molecule has 8 aromatic rings. The van der Waals surface area contributed by atoms with Crippen LogP contribution in [0.3, 0.4) is 0 Å². The van der Waals surface area contributed by atoms with Gasteiger partial charge in [0.25, 0.3) is 0 Å². The minimum atomic E-state index is 1.26. The summed E-state index contributed by atoms with van der Waals surface area (Å²) in [6, 6.07) is 44.6. The van der Waals surface area contributed by atoms with Crippen LogP contribution in [0.4, 0.5) is 0 Å². The van der Waals surface area contributed by atoms with Gasteiger partial charge in [-0.1, -0.05) is 97.1 Å². The van der Waals surface area contributed by atoms with E-state index in [1.165, 1.54) is 73.4 Å². The summed E-state index contributed by atoms with van der Waals surface area (Å²) in [5, 5.41) is 9.30. The van der Waals surface area contributed by atoms with Gasteiger partial charge >= 0.3 is 0 Å². The fourth-order valence-electron chi connectivity index (χ4n) is 5.69. The SMILES string of the molecule is c1ccc(-c2c3ccccc3c(-c3cc4cc5sc6ccccc6c5cc4s3)c3ccccc23)cc1. The van der Waals surface area contributed by atoms with Crippen LogP contribution in [0.25, 0.3) is 73.4 Å². The van der Waals surface area contributed by atoms with E-state index >= 15 is 0 Å². The Labute approximate surface area is 216 Å². The molecule has 0 aliphatic rings. The highest BCUT2D eigenvalue weighted by molar-refractivity contribution is 7.26. The Morgan fingerprint density at radius 3 is 1.64 bits per heavy atom. The smallest absolute Gasteiger partial charge is 0.0367 e. The third-order valence-corrected chi connectivity index (χ3v) is 9.50. The molecule has 0 aliphatic heterocycles. The predicted molar refractivity (Wildman–Crippen MR) is 161 cm³/mol. The summed E-state index contributed by atoms with van der Waals surface area (Å²) in [7, 11) is 0. The molecule has 0 nitrogen and oxygen atoms in total.